The number of benzene rings is 1. The molecule has 0 amide bonds. The Bertz CT molecular complexity index is 568. The van der Waals surface area contributed by atoms with Crippen LogP contribution in [0.1, 0.15) is 42.1 Å². The molecular weight excluding hydrogens is 327 g/mol. The number of hydrogen-bond donors (Lipinski definition) is 1. The smallest absolute Gasteiger partial charge is 0.128 e. The molecule has 0 radical (unpaired) electrons. The molecule has 0 spiro atoms. The lowest BCUT2D eigenvalue weighted by Crippen LogP contribution is -2.19. The van der Waals surface area contributed by atoms with Crippen molar-refractivity contribution in [1.82, 2.24) is 10.3 Å². The molecule has 0 aliphatic rings. The van der Waals surface area contributed by atoms with Crippen LogP contribution >= 0.6 is 27.3 Å². The van der Waals surface area contributed by atoms with E-state index in [1.165, 1.54) is 6.07 Å². The predicted molar refractivity (Wildman–Crippen MR) is 81.2 cm³/mol. The van der Waals surface area contributed by atoms with Gasteiger partial charge in [-0.05, 0) is 31.2 Å². The van der Waals surface area contributed by atoms with Crippen LogP contribution in [0, 0.1) is 5.82 Å². The molecule has 0 aliphatic carbocycles. The van der Waals surface area contributed by atoms with Gasteiger partial charge in [-0.3, -0.25) is 0 Å². The van der Waals surface area contributed by atoms with E-state index in [-0.39, 0.29) is 11.9 Å². The zero-order chi connectivity index (χ0) is 14.0. The van der Waals surface area contributed by atoms with E-state index in [4.69, 9.17) is 0 Å². The Morgan fingerprint density at radius 2 is 2.11 bits per heavy atom. The Balaban J connectivity index is 2.40. The molecule has 0 saturated heterocycles. The molecule has 0 bridgehead atoms. The van der Waals surface area contributed by atoms with E-state index in [1.807, 2.05) is 12.4 Å². The van der Waals surface area contributed by atoms with Crippen molar-refractivity contribution < 1.29 is 4.39 Å². The van der Waals surface area contributed by atoms with Crippen molar-refractivity contribution in [1.29, 1.82) is 0 Å². The van der Waals surface area contributed by atoms with Crippen LogP contribution in [0.25, 0.3) is 0 Å². The minimum atomic E-state index is -0.219. The first kappa shape index (κ1) is 14.6. The number of halogens is 2. The van der Waals surface area contributed by atoms with Crippen molar-refractivity contribution in [2.45, 2.75) is 25.8 Å². The van der Waals surface area contributed by atoms with E-state index < -0.39 is 0 Å². The lowest BCUT2D eigenvalue weighted by Gasteiger charge is -2.15. The molecule has 1 N–H and O–H groups in total. The van der Waals surface area contributed by atoms with E-state index in [2.05, 4.69) is 40.1 Å². The molecule has 5 heteroatoms. The average molecular weight is 343 g/mol. The SMILES string of the molecule is CNC(c1nc(C(C)C)cs1)c1cc(Br)ccc1F. The summed E-state index contributed by atoms with van der Waals surface area (Å²) >= 11 is 4.95. The lowest BCUT2D eigenvalue weighted by molar-refractivity contribution is 0.573. The predicted octanol–water partition coefficient (Wildman–Crippen LogP) is 4.48. The molecule has 0 aliphatic heterocycles. The summed E-state index contributed by atoms with van der Waals surface area (Å²) < 4.78 is 14.8. The van der Waals surface area contributed by atoms with Crippen molar-refractivity contribution in [3.05, 3.63) is 50.1 Å². The monoisotopic (exact) mass is 342 g/mol. The Hall–Kier alpha value is -0.780. The van der Waals surface area contributed by atoms with E-state index in [9.17, 15) is 4.39 Å². The molecule has 1 aromatic heterocycles. The van der Waals surface area contributed by atoms with E-state index >= 15 is 0 Å². The topological polar surface area (TPSA) is 24.9 Å². The Morgan fingerprint density at radius 1 is 1.37 bits per heavy atom. The number of aromatic nitrogens is 1. The Kier molecular flexibility index (Phi) is 4.71. The molecule has 1 atom stereocenters. The third-order valence-electron chi connectivity index (χ3n) is 2.94. The van der Waals surface area contributed by atoms with Gasteiger partial charge in [0.2, 0.25) is 0 Å². The van der Waals surface area contributed by atoms with Gasteiger partial charge in [0, 0.05) is 15.4 Å². The zero-order valence-corrected chi connectivity index (χ0v) is 13.5. The van der Waals surface area contributed by atoms with Crippen LogP contribution in [0.2, 0.25) is 0 Å². The molecule has 19 heavy (non-hydrogen) atoms. The van der Waals surface area contributed by atoms with Crippen LogP contribution in [0.4, 0.5) is 4.39 Å². The third-order valence-corrected chi connectivity index (χ3v) is 4.36. The number of nitrogens with zero attached hydrogens (tertiary/aromatic N) is 1. The van der Waals surface area contributed by atoms with Gasteiger partial charge < -0.3 is 5.32 Å². The van der Waals surface area contributed by atoms with Gasteiger partial charge in [0.25, 0.3) is 0 Å². The van der Waals surface area contributed by atoms with Gasteiger partial charge in [-0.15, -0.1) is 11.3 Å². The second-order valence-corrected chi connectivity index (χ2v) is 6.46. The largest absolute Gasteiger partial charge is 0.307 e. The van der Waals surface area contributed by atoms with Crippen molar-refractivity contribution in [3.63, 3.8) is 0 Å². The number of nitrogens with one attached hydrogen (secondary N) is 1. The van der Waals surface area contributed by atoms with Crippen molar-refractivity contribution in [2.24, 2.45) is 0 Å². The Morgan fingerprint density at radius 3 is 2.68 bits per heavy atom. The fourth-order valence-corrected chi connectivity index (χ4v) is 3.33. The summed E-state index contributed by atoms with van der Waals surface area (Å²) in [6, 6.07) is 4.76. The minimum absolute atomic E-state index is 0.213. The van der Waals surface area contributed by atoms with Crippen LogP contribution < -0.4 is 5.32 Å². The number of rotatable bonds is 4. The van der Waals surface area contributed by atoms with Crippen LogP contribution in [0.3, 0.4) is 0 Å². The summed E-state index contributed by atoms with van der Waals surface area (Å²) in [5.74, 6) is 0.165. The van der Waals surface area contributed by atoms with Gasteiger partial charge in [0.05, 0.1) is 11.7 Å². The van der Waals surface area contributed by atoms with Crippen molar-refractivity contribution >= 4 is 27.3 Å². The third kappa shape index (κ3) is 3.22. The zero-order valence-electron chi connectivity index (χ0n) is 11.1. The molecular formula is C14H16BrFN2S. The standard InChI is InChI=1S/C14H16BrFN2S/c1-8(2)12-7-19-14(18-12)13(17-3)10-6-9(15)4-5-11(10)16/h4-8,13,17H,1-3H3. The first-order valence-corrected chi connectivity index (χ1v) is 7.77. The maximum atomic E-state index is 14.0. The van der Waals surface area contributed by atoms with Gasteiger partial charge in [-0.2, -0.15) is 0 Å². The van der Waals surface area contributed by atoms with Crippen molar-refractivity contribution in [3.8, 4) is 0 Å². The fourth-order valence-electron chi connectivity index (χ4n) is 1.85. The number of hydrogen-bond acceptors (Lipinski definition) is 3. The highest BCUT2D eigenvalue weighted by atomic mass is 79.9. The summed E-state index contributed by atoms with van der Waals surface area (Å²) in [6.45, 7) is 4.21. The van der Waals surface area contributed by atoms with Gasteiger partial charge >= 0.3 is 0 Å². The summed E-state index contributed by atoms with van der Waals surface area (Å²) in [4.78, 5) is 4.60. The first-order valence-electron chi connectivity index (χ1n) is 6.10. The summed E-state index contributed by atoms with van der Waals surface area (Å²) in [6.07, 6.45) is 0. The highest BCUT2D eigenvalue weighted by Crippen LogP contribution is 2.30. The van der Waals surface area contributed by atoms with E-state index in [1.54, 1.807) is 23.5 Å². The van der Waals surface area contributed by atoms with Gasteiger partial charge in [-0.1, -0.05) is 29.8 Å². The van der Waals surface area contributed by atoms with Crippen LogP contribution in [0.5, 0.6) is 0 Å². The minimum Gasteiger partial charge on any atom is -0.307 e. The molecule has 2 aromatic rings. The Labute approximate surface area is 125 Å². The summed E-state index contributed by atoms with van der Waals surface area (Å²) in [5, 5.41) is 6.08. The summed E-state index contributed by atoms with van der Waals surface area (Å²) in [5.41, 5.74) is 1.66. The van der Waals surface area contributed by atoms with Gasteiger partial charge in [0.15, 0.2) is 0 Å². The van der Waals surface area contributed by atoms with Crippen LogP contribution in [0.15, 0.2) is 28.1 Å². The van der Waals surface area contributed by atoms with Crippen LogP contribution in [-0.4, -0.2) is 12.0 Å². The quantitative estimate of drug-likeness (QED) is 0.886. The highest BCUT2D eigenvalue weighted by molar-refractivity contribution is 9.10. The first-order chi connectivity index (χ1) is 9.02. The lowest BCUT2D eigenvalue weighted by atomic mass is 10.1. The molecule has 0 fully saturated rings. The maximum Gasteiger partial charge on any atom is 0.128 e. The number of thiazole rings is 1. The molecule has 2 rings (SSSR count). The molecule has 1 aromatic carbocycles. The summed E-state index contributed by atoms with van der Waals surface area (Å²) in [7, 11) is 1.82. The van der Waals surface area contributed by atoms with E-state index in [0.717, 1.165) is 15.2 Å². The highest BCUT2D eigenvalue weighted by Gasteiger charge is 2.20. The average Bonchev–Trinajstić information content (AvgIpc) is 2.84. The fraction of sp³-hybridized carbons (Fsp3) is 0.357. The second kappa shape index (κ2) is 6.11. The molecule has 102 valence electrons. The van der Waals surface area contributed by atoms with E-state index in [0.29, 0.717) is 11.5 Å². The normalized spacial score (nSPS) is 12.9. The maximum absolute atomic E-state index is 14.0. The van der Waals surface area contributed by atoms with Crippen molar-refractivity contribution in [2.75, 3.05) is 7.05 Å². The van der Waals surface area contributed by atoms with Gasteiger partial charge in [-0.25, -0.2) is 9.37 Å². The molecule has 1 unspecified atom stereocenters. The molecule has 0 saturated carbocycles. The molecule has 1 heterocycles. The van der Waals surface area contributed by atoms with Gasteiger partial charge in [0.1, 0.15) is 10.8 Å². The van der Waals surface area contributed by atoms with Crippen LogP contribution in [-0.2, 0) is 0 Å². The molecule has 2 nitrogen and oxygen atoms in total. The second-order valence-electron chi connectivity index (χ2n) is 4.65.